The third-order valence-corrected chi connectivity index (χ3v) is 2.66. The molecule has 5 heteroatoms. The first kappa shape index (κ1) is 11.0. The first-order valence-corrected chi connectivity index (χ1v) is 4.98. The van der Waals surface area contributed by atoms with Crippen molar-refractivity contribution in [3.05, 3.63) is 29.8 Å². The maximum atomic E-state index is 13.4. The Morgan fingerprint density at radius 3 is 2.81 bits per heavy atom. The summed E-state index contributed by atoms with van der Waals surface area (Å²) in [6, 6.07) is 2.99. The molecule has 0 aliphatic carbocycles. The molecule has 1 unspecified atom stereocenters. The molecule has 0 spiro atoms. The standard InChI is InChI=1S/C11H11F2NO2/c12-8-1-2-9(13)10(4-8)14-5-7(6-15)3-11(14)16/h1-2,4,7,15H,3,5-6H2. The Morgan fingerprint density at radius 1 is 1.44 bits per heavy atom. The van der Waals surface area contributed by atoms with Crippen LogP contribution in [0.15, 0.2) is 18.2 Å². The third-order valence-electron chi connectivity index (χ3n) is 2.66. The van der Waals surface area contributed by atoms with Gasteiger partial charge in [0.05, 0.1) is 5.69 Å². The summed E-state index contributed by atoms with van der Waals surface area (Å²) >= 11 is 0. The molecule has 1 fully saturated rings. The molecule has 1 aliphatic heterocycles. The number of hydrogen-bond acceptors (Lipinski definition) is 2. The van der Waals surface area contributed by atoms with Crippen LogP contribution < -0.4 is 4.90 Å². The van der Waals surface area contributed by atoms with Gasteiger partial charge in [-0.15, -0.1) is 0 Å². The lowest BCUT2D eigenvalue weighted by Crippen LogP contribution is -2.26. The number of benzene rings is 1. The maximum absolute atomic E-state index is 13.4. The van der Waals surface area contributed by atoms with Gasteiger partial charge >= 0.3 is 0 Å². The van der Waals surface area contributed by atoms with E-state index >= 15 is 0 Å². The smallest absolute Gasteiger partial charge is 0.227 e. The van der Waals surface area contributed by atoms with E-state index in [9.17, 15) is 13.6 Å². The molecule has 0 bridgehead atoms. The van der Waals surface area contributed by atoms with Crippen LogP contribution in [0.1, 0.15) is 6.42 Å². The molecule has 1 saturated heterocycles. The van der Waals surface area contributed by atoms with Crippen molar-refractivity contribution in [2.45, 2.75) is 6.42 Å². The Bertz CT molecular complexity index is 422. The van der Waals surface area contributed by atoms with Gasteiger partial charge in [0.2, 0.25) is 5.91 Å². The first-order chi connectivity index (χ1) is 7.61. The molecule has 0 saturated carbocycles. The molecule has 1 aliphatic rings. The number of amides is 1. The van der Waals surface area contributed by atoms with Crippen molar-refractivity contribution in [3.63, 3.8) is 0 Å². The average molecular weight is 227 g/mol. The van der Waals surface area contributed by atoms with E-state index in [-0.39, 0.29) is 37.1 Å². The minimum atomic E-state index is -0.631. The van der Waals surface area contributed by atoms with E-state index in [2.05, 4.69) is 0 Å². The molecule has 0 aromatic heterocycles. The van der Waals surface area contributed by atoms with E-state index in [0.717, 1.165) is 18.2 Å². The van der Waals surface area contributed by atoms with Crippen LogP contribution in [0.2, 0.25) is 0 Å². The van der Waals surface area contributed by atoms with Gasteiger partial charge < -0.3 is 10.0 Å². The summed E-state index contributed by atoms with van der Waals surface area (Å²) in [5, 5.41) is 8.93. The molecule has 1 atom stereocenters. The third kappa shape index (κ3) is 1.90. The van der Waals surface area contributed by atoms with E-state index in [1.807, 2.05) is 0 Å². The van der Waals surface area contributed by atoms with Crippen LogP contribution in [0.5, 0.6) is 0 Å². The van der Waals surface area contributed by atoms with Gasteiger partial charge in [-0.2, -0.15) is 0 Å². The van der Waals surface area contributed by atoms with Crippen LogP contribution in [-0.4, -0.2) is 24.2 Å². The predicted molar refractivity (Wildman–Crippen MR) is 53.9 cm³/mol. The van der Waals surface area contributed by atoms with Crippen molar-refractivity contribution in [1.82, 2.24) is 0 Å². The van der Waals surface area contributed by atoms with Crippen molar-refractivity contribution in [3.8, 4) is 0 Å². The Hall–Kier alpha value is -1.49. The zero-order valence-corrected chi connectivity index (χ0v) is 8.49. The summed E-state index contributed by atoms with van der Waals surface area (Å²) in [5.41, 5.74) is -0.0547. The van der Waals surface area contributed by atoms with Crippen molar-refractivity contribution >= 4 is 11.6 Å². The van der Waals surface area contributed by atoms with Gasteiger partial charge in [-0.1, -0.05) is 0 Å². The highest BCUT2D eigenvalue weighted by Crippen LogP contribution is 2.27. The van der Waals surface area contributed by atoms with Crippen LogP contribution in [0.3, 0.4) is 0 Å². The van der Waals surface area contributed by atoms with E-state index in [0.29, 0.717) is 0 Å². The summed E-state index contributed by atoms with van der Waals surface area (Å²) in [7, 11) is 0. The first-order valence-electron chi connectivity index (χ1n) is 4.98. The van der Waals surface area contributed by atoms with Crippen LogP contribution in [0.25, 0.3) is 0 Å². The lowest BCUT2D eigenvalue weighted by molar-refractivity contribution is -0.117. The van der Waals surface area contributed by atoms with Gasteiger partial charge in [0.25, 0.3) is 0 Å². The summed E-state index contributed by atoms with van der Waals surface area (Å²) in [6.45, 7) is 0.106. The normalized spacial score (nSPS) is 20.6. The molecule has 86 valence electrons. The summed E-state index contributed by atoms with van der Waals surface area (Å²) < 4.78 is 26.4. The average Bonchev–Trinajstić information content (AvgIpc) is 2.63. The monoisotopic (exact) mass is 227 g/mol. The second-order valence-electron chi connectivity index (χ2n) is 3.85. The summed E-state index contributed by atoms with van der Waals surface area (Å²) in [4.78, 5) is 12.7. The Kier molecular flexibility index (Phi) is 2.87. The number of halogens is 2. The lowest BCUT2D eigenvalue weighted by Gasteiger charge is -2.17. The van der Waals surface area contributed by atoms with Crippen LogP contribution in [0.4, 0.5) is 14.5 Å². The fraction of sp³-hybridized carbons (Fsp3) is 0.364. The van der Waals surface area contributed by atoms with Crippen molar-refractivity contribution < 1.29 is 18.7 Å². The minimum Gasteiger partial charge on any atom is -0.396 e. The van der Waals surface area contributed by atoms with Crippen LogP contribution in [-0.2, 0) is 4.79 Å². The predicted octanol–water partition coefficient (Wildman–Crippen LogP) is 1.31. The number of carbonyl (C=O) groups excluding carboxylic acids is 1. The number of nitrogens with zero attached hydrogens (tertiary/aromatic N) is 1. The van der Waals surface area contributed by atoms with E-state index in [1.54, 1.807) is 0 Å². The number of carbonyl (C=O) groups is 1. The van der Waals surface area contributed by atoms with Crippen molar-refractivity contribution in [2.75, 3.05) is 18.1 Å². The van der Waals surface area contributed by atoms with Crippen LogP contribution in [0, 0.1) is 17.6 Å². The zero-order valence-electron chi connectivity index (χ0n) is 8.49. The zero-order chi connectivity index (χ0) is 11.7. The molecule has 1 N–H and O–H groups in total. The Balaban J connectivity index is 2.30. The molecule has 1 aromatic carbocycles. The number of aliphatic hydroxyl groups is 1. The lowest BCUT2D eigenvalue weighted by atomic mass is 10.1. The fourth-order valence-electron chi connectivity index (χ4n) is 1.83. The van der Waals surface area contributed by atoms with Gasteiger partial charge in [-0.05, 0) is 12.1 Å². The number of aliphatic hydroxyl groups excluding tert-OH is 1. The highest BCUT2D eigenvalue weighted by Gasteiger charge is 2.31. The highest BCUT2D eigenvalue weighted by molar-refractivity contribution is 5.95. The van der Waals surface area contributed by atoms with Crippen molar-refractivity contribution in [1.29, 1.82) is 0 Å². The van der Waals surface area contributed by atoms with Crippen LogP contribution >= 0.6 is 0 Å². The number of anilines is 1. The van der Waals surface area contributed by atoms with Gasteiger partial charge in [-0.25, -0.2) is 8.78 Å². The second-order valence-corrected chi connectivity index (χ2v) is 3.85. The van der Waals surface area contributed by atoms with Gasteiger partial charge in [-0.3, -0.25) is 4.79 Å². The SMILES string of the molecule is O=C1CC(CO)CN1c1cc(F)ccc1F. The second kappa shape index (κ2) is 4.17. The highest BCUT2D eigenvalue weighted by atomic mass is 19.1. The topological polar surface area (TPSA) is 40.5 Å². The largest absolute Gasteiger partial charge is 0.396 e. The molecule has 0 radical (unpaired) electrons. The van der Waals surface area contributed by atoms with E-state index in [4.69, 9.17) is 5.11 Å². The molecule has 2 rings (SSSR count). The van der Waals surface area contributed by atoms with E-state index in [1.165, 1.54) is 4.90 Å². The fourth-order valence-corrected chi connectivity index (χ4v) is 1.83. The Morgan fingerprint density at radius 2 is 2.19 bits per heavy atom. The molecule has 1 heterocycles. The van der Waals surface area contributed by atoms with Gasteiger partial charge in [0, 0.05) is 31.6 Å². The molecular weight excluding hydrogens is 216 g/mol. The molecular formula is C11H11F2NO2. The summed E-state index contributed by atoms with van der Waals surface area (Å²) in [6.07, 6.45) is 0.173. The van der Waals surface area contributed by atoms with Gasteiger partial charge in [0.1, 0.15) is 11.6 Å². The molecule has 16 heavy (non-hydrogen) atoms. The van der Waals surface area contributed by atoms with E-state index < -0.39 is 11.6 Å². The molecule has 3 nitrogen and oxygen atoms in total. The number of rotatable bonds is 2. The number of hydrogen-bond donors (Lipinski definition) is 1. The van der Waals surface area contributed by atoms with Crippen molar-refractivity contribution in [2.24, 2.45) is 5.92 Å². The Labute approximate surface area is 91.3 Å². The molecule has 1 aromatic rings. The summed E-state index contributed by atoms with van der Waals surface area (Å²) in [5.74, 6) is -1.70. The minimum absolute atomic E-state index is 0.0547. The quantitative estimate of drug-likeness (QED) is 0.827. The molecule has 1 amide bonds. The maximum Gasteiger partial charge on any atom is 0.227 e. The van der Waals surface area contributed by atoms with Gasteiger partial charge in [0.15, 0.2) is 0 Å².